The van der Waals surface area contributed by atoms with Crippen molar-refractivity contribution in [2.75, 3.05) is 26.7 Å². The van der Waals surface area contributed by atoms with Crippen molar-refractivity contribution in [1.29, 1.82) is 0 Å². The lowest BCUT2D eigenvalue weighted by Crippen LogP contribution is -2.43. The number of benzene rings is 3. The standard InChI is InChI=1S/C37H44N4O4/c1-4-38-37(43)40-23-28-9-7-10-30(21-28)31-11-8-12-32(22-31)36-44-34(24-41(3)20-18-33-13-5-6-19-39-33)26(2)35(45-36)29-16-14-27(25-42)15-17-29/h5-17,19,21-22,26,34-36,42H,4,18,20,23-25H2,1-3H3,(H2,38,40,43)/t26-,34+,35+,36+/m0/s1. The van der Waals surface area contributed by atoms with Gasteiger partial charge in [0.25, 0.3) is 0 Å². The summed E-state index contributed by atoms with van der Waals surface area (Å²) in [5.41, 5.74) is 7.08. The molecule has 1 aliphatic rings. The minimum absolute atomic E-state index is 0.00672. The van der Waals surface area contributed by atoms with Gasteiger partial charge in [-0.2, -0.15) is 0 Å². The van der Waals surface area contributed by atoms with Crippen LogP contribution in [-0.4, -0.2) is 53.8 Å². The van der Waals surface area contributed by atoms with Crippen LogP contribution in [0, 0.1) is 5.92 Å². The van der Waals surface area contributed by atoms with Gasteiger partial charge in [0, 0.05) is 56.0 Å². The smallest absolute Gasteiger partial charge is 0.315 e. The highest BCUT2D eigenvalue weighted by Gasteiger charge is 2.38. The molecule has 1 fully saturated rings. The molecule has 45 heavy (non-hydrogen) atoms. The molecule has 1 aromatic heterocycles. The maximum atomic E-state index is 11.9. The van der Waals surface area contributed by atoms with E-state index in [9.17, 15) is 9.90 Å². The number of pyridine rings is 1. The zero-order valence-corrected chi connectivity index (χ0v) is 26.4. The van der Waals surface area contributed by atoms with E-state index in [1.54, 1.807) is 0 Å². The van der Waals surface area contributed by atoms with Gasteiger partial charge in [-0.1, -0.05) is 73.7 Å². The number of likely N-dealkylation sites (N-methyl/N-ethyl adjacent to an activating group) is 1. The van der Waals surface area contributed by atoms with Gasteiger partial charge in [0.15, 0.2) is 6.29 Å². The van der Waals surface area contributed by atoms with E-state index in [0.29, 0.717) is 13.1 Å². The summed E-state index contributed by atoms with van der Waals surface area (Å²) < 4.78 is 13.5. The van der Waals surface area contributed by atoms with Gasteiger partial charge in [0.05, 0.1) is 18.8 Å². The molecule has 3 N–H and O–H groups in total. The number of amides is 2. The van der Waals surface area contributed by atoms with Gasteiger partial charge < -0.3 is 30.1 Å². The van der Waals surface area contributed by atoms with Crippen LogP contribution < -0.4 is 10.6 Å². The number of nitrogens with one attached hydrogen (secondary N) is 2. The fourth-order valence-electron chi connectivity index (χ4n) is 5.71. The Morgan fingerprint density at radius 1 is 0.889 bits per heavy atom. The lowest BCUT2D eigenvalue weighted by molar-refractivity contribution is -0.275. The van der Waals surface area contributed by atoms with Crippen molar-refractivity contribution in [3.05, 3.63) is 125 Å². The van der Waals surface area contributed by atoms with Crippen LogP contribution in [0.1, 0.15) is 54.2 Å². The molecule has 4 atom stereocenters. The second-order valence-corrected chi connectivity index (χ2v) is 11.7. The van der Waals surface area contributed by atoms with Crippen molar-refractivity contribution in [3.8, 4) is 11.1 Å². The highest BCUT2D eigenvalue weighted by atomic mass is 16.7. The SMILES string of the molecule is CCNC(=O)NCc1cccc(-c2cccc([C@@H]3O[C@H](CN(C)CCc4ccccn4)[C@H](C)[C@H](c4ccc(CO)cc4)O3)c2)c1. The van der Waals surface area contributed by atoms with Crippen LogP contribution in [0.25, 0.3) is 11.1 Å². The number of aliphatic hydroxyl groups excluding tert-OH is 1. The lowest BCUT2D eigenvalue weighted by atomic mass is 9.90. The Labute approximate surface area is 266 Å². The van der Waals surface area contributed by atoms with Crippen molar-refractivity contribution < 1.29 is 19.4 Å². The fraction of sp³-hybridized carbons (Fsp3) is 0.351. The molecule has 3 aromatic carbocycles. The van der Waals surface area contributed by atoms with Gasteiger partial charge in [-0.25, -0.2) is 4.79 Å². The molecule has 236 valence electrons. The zero-order chi connectivity index (χ0) is 31.6. The Bertz CT molecular complexity index is 1510. The predicted molar refractivity (Wildman–Crippen MR) is 176 cm³/mol. The van der Waals surface area contributed by atoms with Crippen molar-refractivity contribution >= 4 is 6.03 Å². The molecular weight excluding hydrogens is 564 g/mol. The fourth-order valence-corrected chi connectivity index (χ4v) is 5.71. The first-order valence-corrected chi connectivity index (χ1v) is 15.7. The van der Waals surface area contributed by atoms with Crippen LogP contribution in [0.15, 0.2) is 97.2 Å². The summed E-state index contributed by atoms with van der Waals surface area (Å²) in [6.07, 6.45) is 1.89. The van der Waals surface area contributed by atoms with Gasteiger partial charge in [-0.15, -0.1) is 0 Å². The Morgan fingerprint density at radius 3 is 2.40 bits per heavy atom. The monoisotopic (exact) mass is 608 g/mol. The number of hydrogen-bond donors (Lipinski definition) is 3. The molecule has 4 aromatic rings. The average Bonchev–Trinajstić information content (AvgIpc) is 3.08. The summed E-state index contributed by atoms with van der Waals surface area (Å²) in [5, 5.41) is 15.3. The number of urea groups is 1. The van der Waals surface area contributed by atoms with E-state index in [1.807, 2.05) is 67.7 Å². The van der Waals surface area contributed by atoms with E-state index in [4.69, 9.17) is 9.47 Å². The average molecular weight is 609 g/mol. The van der Waals surface area contributed by atoms with Gasteiger partial charge in [0.2, 0.25) is 0 Å². The van der Waals surface area contributed by atoms with E-state index in [1.165, 1.54) is 0 Å². The van der Waals surface area contributed by atoms with Gasteiger partial charge in [-0.05, 0) is 66.1 Å². The quantitative estimate of drug-likeness (QED) is 0.182. The highest BCUT2D eigenvalue weighted by molar-refractivity contribution is 5.74. The normalized spacial score (nSPS) is 19.8. The Morgan fingerprint density at radius 2 is 1.67 bits per heavy atom. The number of carbonyl (C=O) groups is 1. The van der Waals surface area contributed by atoms with Crippen LogP contribution in [0.3, 0.4) is 0 Å². The van der Waals surface area contributed by atoms with Crippen molar-refractivity contribution in [3.63, 3.8) is 0 Å². The molecule has 5 rings (SSSR count). The molecule has 0 radical (unpaired) electrons. The Hall–Kier alpha value is -4.08. The van der Waals surface area contributed by atoms with Crippen LogP contribution in [0.5, 0.6) is 0 Å². The first kappa shape index (κ1) is 32.3. The summed E-state index contributed by atoms with van der Waals surface area (Å²) in [6.45, 7) is 6.73. The molecular formula is C37H44N4O4. The van der Waals surface area contributed by atoms with Gasteiger partial charge in [-0.3, -0.25) is 4.98 Å². The number of carbonyl (C=O) groups excluding carboxylic acids is 1. The summed E-state index contributed by atoms with van der Waals surface area (Å²) in [4.78, 5) is 18.7. The third kappa shape index (κ3) is 8.77. The van der Waals surface area contributed by atoms with E-state index >= 15 is 0 Å². The Balaban J connectivity index is 1.36. The first-order chi connectivity index (χ1) is 21.9. The van der Waals surface area contributed by atoms with Gasteiger partial charge in [0.1, 0.15) is 0 Å². The number of aliphatic hydroxyl groups is 1. The first-order valence-electron chi connectivity index (χ1n) is 15.7. The lowest BCUT2D eigenvalue weighted by Gasteiger charge is -2.42. The number of aromatic nitrogens is 1. The second kappa shape index (κ2) is 15.8. The third-order valence-corrected chi connectivity index (χ3v) is 8.30. The maximum absolute atomic E-state index is 11.9. The zero-order valence-electron chi connectivity index (χ0n) is 26.4. The minimum atomic E-state index is -0.555. The largest absolute Gasteiger partial charge is 0.392 e. The summed E-state index contributed by atoms with van der Waals surface area (Å²) in [6, 6.07) is 30.4. The number of nitrogens with zero attached hydrogens (tertiary/aromatic N) is 2. The molecule has 8 heteroatoms. The van der Waals surface area contributed by atoms with E-state index in [2.05, 4.69) is 70.9 Å². The van der Waals surface area contributed by atoms with Crippen molar-refractivity contribution in [2.24, 2.45) is 5.92 Å². The van der Waals surface area contributed by atoms with Crippen LogP contribution in [0.4, 0.5) is 4.79 Å². The molecule has 0 saturated carbocycles. The number of ether oxygens (including phenoxy) is 2. The topological polar surface area (TPSA) is 96.0 Å². The number of rotatable bonds is 12. The molecule has 1 saturated heterocycles. The summed E-state index contributed by atoms with van der Waals surface area (Å²) in [7, 11) is 2.13. The Kier molecular flexibility index (Phi) is 11.3. The highest BCUT2D eigenvalue weighted by Crippen LogP contribution is 2.42. The van der Waals surface area contributed by atoms with E-state index in [-0.39, 0.29) is 30.8 Å². The third-order valence-electron chi connectivity index (χ3n) is 8.30. The summed E-state index contributed by atoms with van der Waals surface area (Å²) >= 11 is 0. The van der Waals surface area contributed by atoms with Crippen LogP contribution in [0.2, 0.25) is 0 Å². The molecule has 0 spiro atoms. The molecule has 2 heterocycles. The van der Waals surface area contributed by atoms with Crippen LogP contribution >= 0.6 is 0 Å². The molecule has 0 unspecified atom stereocenters. The van der Waals surface area contributed by atoms with E-state index < -0.39 is 6.29 Å². The summed E-state index contributed by atoms with van der Waals surface area (Å²) in [5.74, 6) is 0.0933. The maximum Gasteiger partial charge on any atom is 0.315 e. The number of hydrogen-bond acceptors (Lipinski definition) is 6. The molecule has 0 bridgehead atoms. The van der Waals surface area contributed by atoms with Crippen molar-refractivity contribution in [2.45, 2.75) is 51.9 Å². The molecule has 2 amide bonds. The van der Waals surface area contributed by atoms with Crippen LogP contribution in [-0.2, 0) is 29.0 Å². The predicted octanol–water partition coefficient (Wildman–Crippen LogP) is 6.03. The molecule has 0 aliphatic carbocycles. The molecule has 1 aliphatic heterocycles. The van der Waals surface area contributed by atoms with Crippen molar-refractivity contribution in [1.82, 2.24) is 20.5 Å². The van der Waals surface area contributed by atoms with Gasteiger partial charge >= 0.3 is 6.03 Å². The molecule has 8 nitrogen and oxygen atoms in total. The minimum Gasteiger partial charge on any atom is -0.392 e. The van der Waals surface area contributed by atoms with E-state index in [0.717, 1.165) is 58.6 Å². The second-order valence-electron chi connectivity index (χ2n) is 11.7.